The summed E-state index contributed by atoms with van der Waals surface area (Å²) in [5.74, 6) is 0. The summed E-state index contributed by atoms with van der Waals surface area (Å²) in [5, 5.41) is 0. The van der Waals surface area contributed by atoms with E-state index in [0.29, 0.717) is 0 Å². The Morgan fingerprint density at radius 3 is 0.957 bits per heavy atom. The molecule has 0 aliphatic heterocycles. The first-order chi connectivity index (χ1) is 20.7. The molecule has 0 saturated carbocycles. The van der Waals surface area contributed by atoms with Crippen LogP contribution in [0.5, 0.6) is 0 Å². The molecule has 0 amide bonds. The second-order valence-electron chi connectivity index (χ2n) is 11.7. The molecule has 240 valence electrons. The van der Waals surface area contributed by atoms with E-state index in [1.807, 2.05) is 26.0 Å². The van der Waals surface area contributed by atoms with Crippen LogP contribution < -0.4 is 0 Å². The molecule has 0 heterocycles. The molecular formula is C44H56Y2-2. The third-order valence-electron chi connectivity index (χ3n) is 7.63. The second-order valence-corrected chi connectivity index (χ2v) is 11.7. The van der Waals surface area contributed by atoms with Gasteiger partial charge in [-0.05, 0) is 114 Å². The fraction of sp³-hybridized carbons (Fsp3) is 0.273. The minimum absolute atomic E-state index is 0. The van der Waals surface area contributed by atoms with Crippen LogP contribution in [0, 0.1) is 76.2 Å². The van der Waals surface area contributed by atoms with Gasteiger partial charge in [0.15, 0.2) is 0 Å². The number of allylic oxidation sites excluding steroid dienone is 3. The van der Waals surface area contributed by atoms with Crippen LogP contribution in [0.3, 0.4) is 0 Å². The number of hydrogen-bond donors (Lipinski definition) is 0. The van der Waals surface area contributed by atoms with Crippen molar-refractivity contribution in [3.8, 4) is 0 Å². The van der Waals surface area contributed by atoms with E-state index in [9.17, 15) is 0 Å². The summed E-state index contributed by atoms with van der Waals surface area (Å²) in [5.41, 5.74) is 18.2. The van der Waals surface area contributed by atoms with Crippen LogP contribution in [0.1, 0.15) is 98.7 Å². The van der Waals surface area contributed by atoms with E-state index in [4.69, 9.17) is 0 Å². The Kier molecular flexibility index (Phi) is 24.3. The zero-order valence-corrected chi connectivity index (χ0v) is 36.5. The van der Waals surface area contributed by atoms with Gasteiger partial charge in [-0.1, -0.05) is 74.5 Å². The molecule has 4 aromatic carbocycles. The molecule has 2 radical (unpaired) electrons. The molecule has 0 saturated heterocycles. The smallest absolute Gasteiger partial charge is 0 e. The molecule has 0 atom stereocenters. The summed E-state index contributed by atoms with van der Waals surface area (Å²) in [6.07, 6.45) is 12.4. The zero-order chi connectivity index (χ0) is 33.4. The molecular weight excluding hydrogens is 706 g/mol. The predicted molar refractivity (Wildman–Crippen MR) is 201 cm³/mol. The molecule has 4 rings (SSSR count). The first-order valence-corrected chi connectivity index (χ1v) is 15.6. The van der Waals surface area contributed by atoms with Crippen LogP contribution >= 0.6 is 0 Å². The summed E-state index contributed by atoms with van der Waals surface area (Å²) >= 11 is 0. The van der Waals surface area contributed by atoms with E-state index in [0.717, 1.165) is 11.1 Å². The fourth-order valence-electron chi connectivity index (χ4n) is 4.60. The quantitative estimate of drug-likeness (QED) is 0.182. The van der Waals surface area contributed by atoms with Crippen molar-refractivity contribution in [3.05, 3.63) is 171 Å². The van der Waals surface area contributed by atoms with Crippen LogP contribution in [0.15, 0.2) is 78.9 Å². The topological polar surface area (TPSA) is 0 Å². The van der Waals surface area contributed by atoms with Crippen LogP contribution in [0.2, 0.25) is 0 Å². The van der Waals surface area contributed by atoms with Gasteiger partial charge in [0.1, 0.15) is 0 Å². The number of rotatable bonds is 3. The Bertz CT molecular complexity index is 1470. The van der Waals surface area contributed by atoms with Gasteiger partial charge in [0, 0.05) is 65.4 Å². The van der Waals surface area contributed by atoms with Gasteiger partial charge in [0.2, 0.25) is 0 Å². The molecule has 0 N–H and O–H groups in total. The summed E-state index contributed by atoms with van der Waals surface area (Å²) in [7, 11) is 0. The van der Waals surface area contributed by atoms with Gasteiger partial charge in [0.05, 0.1) is 0 Å². The molecule has 0 unspecified atom stereocenters. The van der Waals surface area contributed by atoms with Crippen LogP contribution in [-0.4, -0.2) is 0 Å². The Morgan fingerprint density at radius 1 is 0.370 bits per heavy atom. The van der Waals surface area contributed by atoms with Crippen LogP contribution in [0.4, 0.5) is 0 Å². The van der Waals surface area contributed by atoms with Crippen LogP contribution in [-0.2, 0) is 65.4 Å². The minimum Gasteiger partial charge on any atom is -0.198 e. The van der Waals surface area contributed by atoms with Gasteiger partial charge < -0.3 is 0 Å². The first kappa shape index (κ1) is 46.2. The van der Waals surface area contributed by atoms with E-state index in [2.05, 4.69) is 168 Å². The molecule has 0 spiro atoms. The number of aryl methyl sites for hydroxylation is 9. The zero-order valence-electron chi connectivity index (χ0n) is 30.8. The fourth-order valence-corrected chi connectivity index (χ4v) is 4.60. The molecule has 2 heteroatoms. The predicted octanol–water partition coefficient (Wildman–Crippen LogP) is 13.0. The van der Waals surface area contributed by atoms with Gasteiger partial charge >= 0.3 is 0 Å². The van der Waals surface area contributed by atoms with E-state index >= 15 is 0 Å². The normalized spacial score (nSPS) is 10.2. The second kappa shape index (κ2) is 24.2. The summed E-state index contributed by atoms with van der Waals surface area (Å²) < 4.78 is 0. The maximum atomic E-state index is 3.95. The third kappa shape index (κ3) is 16.7. The van der Waals surface area contributed by atoms with E-state index in [-0.39, 0.29) is 65.4 Å². The third-order valence-corrected chi connectivity index (χ3v) is 7.63. The van der Waals surface area contributed by atoms with Gasteiger partial charge in [-0.15, -0.1) is 46.5 Å². The average molecular weight is 763 g/mol. The van der Waals surface area contributed by atoms with Gasteiger partial charge in [0.25, 0.3) is 0 Å². The Hall–Kier alpha value is -1.95. The molecule has 0 bridgehead atoms. The standard InChI is InChI=1S/C12H16.2C11H13.C10H14.2Y/c1-5-6-12-8-10(3)9(2)7-11(12)4;2*1-4-5-11-7-6-9(2)8-10(11)3;1-7-5-9(3)10(4)6-8(7)2;;/h5-8H,1-4H3;2*4-8H,3H2,1-2H3;5-6H,1-4H3;;/q;2*-1;;;/b6-5+;2*5-4+;;;. The summed E-state index contributed by atoms with van der Waals surface area (Å²) in [6, 6.07) is 21.5. The van der Waals surface area contributed by atoms with E-state index in [1.54, 1.807) is 0 Å². The van der Waals surface area contributed by atoms with Crippen molar-refractivity contribution < 1.29 is 65.4 Å². The Labute approximate surface area is 334 Å². The molecule has 4 aromatic rings. The Balaban J connectivity index is 0. The molecule has 0 aliphatic rings. The molecule has 0 fully saturated rings. The monoisotopic (exact) mass is 762 g/mol. The first-order valence-electron chi connectivity index (χ1n) is 15.6. The SMILES string of the molecule is C/C=C/c1cc(C)c(C)cc1C.Cc1cc(C)c(C)cc1C.[CH2-]c1cc(C)ccc1/C=C/C.[CH2-]c1cc(C)ccc1/C=C/C.[Y].[Y]. The molecule has 0 aliphatic carbocycles. The van der Waals surface area contributed by atoms with Crippen molar-refractivity contribution >= 4 is 18.2 Å². The van der Waals surface area contributed by atoms with Crippen molar-refractivity contribution in [2.45, 2.75) is 83.1 Å². The van der Waals surface area contributed by atoms with Crippen LogP contribution in [0.25, 0.3) is 18.2 Å². The summed E-state index contributed by atoms with van der Waals surface area (Å²) in [6.45, 7) is 33.2. The molecule has 0 aromatic heterocycles. The molecule has 46 heavy (non-hydrogen) atoms. The van der Waals surface area contributed by atoms with E-state index in [1.165, 1.54) is 66.8 Å². The van der Waals surface area contributed by atoms with Crippen molar-refractivity contribution in [2.24, 2.45) is 0 Å². The van der Waals surface area contributed by atoms with Gasteiger partial charge in [-0.3, -0.25) is 0 Å². The Morgan fingerprint density at radius 2 is 0.652 bits per heavy atom. The van der Waals surface area contributed by atoms with Crippen molar-refractivity contribution in [2.75, 3.05) is 0 Å². The minimum atomic E-state index is 0. The number of hydrogen-bond acceptors (Lipinski definition) is 0. The van der Waals surface area contributed by atoms with Crippen molar-refractivity contribution in [1.82, 2.24) is 0 Å². The van der Waals surface area contributed by atoms with Gasteiger partial charge in [-0.25, -0.2) is 0 Å². The number of benzene rings is 4. The van der Waals surface area contributed by atoms with Crippen molar-refractivity contribution in [3.63, 3.8) is 0 Å². The summed E-state index contributed by atoms with van der Waals surface area (Å²) in [4.78, 5) is 0. The van der Waals surface area contributed by atoms with E-state index < -0.39 is 0 Å². The maximum Gasteiger partial charge on any atom is 0 e. The average Bonchev–Trinajstić information content (AvgIpc) is 2.95. The maximum absolute atomic E-state index is 3.95. The largest absolute Gasteiger partial charge is 0.198 e. The molecule has 0 nitrogen and oxygen atoms in total. The van der Waals surface area contributed by atoms with Gasteiger partial charge in [-0.2, -0.15) is 37.1 Å². The van der Waals surface area contributed by atoms with Crippen molar-refractivity contribution in [1.29, 1.82) is 0 Å².